The van der Waals surface area contributed by atoms with Crippen LogP contribution in [-0.2, 0) is 48.1 Å². The van der Waals surface area contributed by atoms with Crippen LogP contribution in [0.4, 0.5) is 10.3 Å². The second-order valence-electron chi connectivity index (χ2n) is 15.6. The first-order valence-electron chi connectivity index (χ1n) is 21.7. The number of nitrogens with one attached hydrogen (secondary N) is 3. The SMILES string of the molecule is CC(C)(C)OC(=O)CCCCCCCCCCCCCCCOc1ccc(S(=O)(=O)Nc2ncc(C(=O)NCCOCCOCC(=O)NCCOCCOCC(=O)O)cn2)cc1F. The van der Waals surface area contributed by atoms with Crippen molar-refractivity contribution in [3.63, 3.8) is 0 Å². The number of carbonyl (C=O) groups excluding carboxylic acids is 3. The highest BCUT2D eigenvalue weighted by Crippen LogP contribution is 2.23. The number of amides is 2. The molecule has 2 amide bonds. The Labute approximate surface area is 371 Å². The number of aromatic nitrogens is 2. The smallest absolute Gasteiger partial charge is 0.329 e. The molecule has 0 spiro atoms. The van der Waals surface area contributed by atoms with Crippen LogP contribution < -0.4 is 20.1 Å². The van der Waals surface area contributed by atoms with E-state index < -0.39 is 39.9 Å². The second-order valence-corrected chi connectivity index (χ2v) is 17.3. The van der Waals surface area contributed by atoms with E-state index in [1.54, 1.807) is 0 Å². The lowest BCUT2D eigenvalue weighted by Crippen LogP contribution is -2.31. The number of nitrogens with zero attached hydrogens (tertiary/aromatic N) is 2. The number of carboxylic acids is 1. The molecule has 2 rings (SSSR count). The van der Waals surface area contributed by atoms with E-state index >= 15 is 0 Å². The summed E-state index contributed by atoms with van der Waals surface area (Å²) < 4.78 is 74.3. The Balaban J connectivity index is 1.50. The molecule has 2 aromatic rings. The van der Waals surface area contributed by atoms with E-state index in [-0.39, 0.29) is 93.4 Å². The molecule has 0 fully saturated rings. The highest BCUT2D eigenvalue weighted by Gasteiger charge is 2.19. The van der Waals surface area contributed by atoms with Crippen LogP contribution in [0.25, 0.3) is 0 Å². The third-order valence-electron chi connectivity index (χ3n) is 8.86. The van der Waals surface area contributed by atoms with E-state index in [1.807, 2.05) is 20.8 Å². The quantitative estimate of drug-likeness (QED) is 0.0477. The molecule has 1 aromatic heterocycles. The first-order chi connectivity index (χ1) is 30.2. The van der Waals surface area contributed by atoms with Gasteiger partial charge < -0.3 is 44.2 Å². The number of carboxylic acid groups (broad SMARTS) is 1. The third kappa shape index (κ3) is 28.0. The minimum Gasteiger partial charge on any atom is -0.491 e. The summed E-state index contributed by atoms with van der Waals surface area (Å²) in [5.41, 5.74) is -0.348. The normalized spacial score (nSPS) is 11.6. The summed E-state index contributed by atoms with van der Waals surface area (Å²) in [4.78, 5) is 53.7. The molecule has 0 radical (unpaired) electrons. The first kappa shape index (κ1) is 54.6. The maximum absolute atomic E-state index is 14.8. The number of carbonyl (C=O) groups is 4. The molecule has 1 heterocycles. The number of hydrogen-bond donors (Lipinski definition) is 4. The summed E-state index contributed by atoms with van der Waals surface area (Å²) >= 11 is 0. The van der Waals surface area contributed by atoms with Crippen molar-refractivity contribution in [3.8, 4) is 5.75 Å². The highest BCUT2D eigenvalue weighted by atomic mass is 32.2. The van der Waals surface area contributed by atoms with Crippen molar-refractivity contribution in [3.05, 3.63) is 42.0 Å². The van der Waals surface area contributed by atoms with Crippen molar-refractivity contribution < 1.29 is 65.5 Å². The molecule has 20 heteroatoms. The van der Waals surface area contributed by atoms with Gasteiger partial charge in [-0.2, -0.15) is 0 Å². The van der Waals surface area contributed by atoms with Crippen LogP contribution in [0.3, 0.4) is 0 Å². The van der Waals surface area contributed by atoms with Crippen LogP contribution in [0.1, 0.15) is 121 Å². The average molecular weight is 914 g/mol. The lowest BCUT2D eigenvalue weighted by atomic mass is 10.0. The Kier molecular flexibility index (Phi) is 27.9. The van der Waals surface area contributed by atoms with E-state index in [1.165, 1.54) is 50.7 Å². The minimum absolute atomic E-state index is 0.0390. The highest BCUT2D eigenvalue weighted by molar-refractivity contribution is 7.92. The molecule has 0 atom stereocenters. The Morgan fingerprint density at radius 1 is 0.683 bits per heavy atom. The van der Waals surface area contributed by atoms with E-state index in [4.69, 9.17) is 33.5 Å². The lowest BCUT2D eigenvalue weighted by molar-refractivity contribution is -0.155. The van der Waals surface area contributed by atoms with Gasteiger partial charge in [0.2, 0.25) is 11.9 Å². The van der Waals surface area contributed by atoms with Crippen molar-refractivity contribution in [1.29, 1.82) is 0 Å². The number of rotatable bonds is 37. The Morgan fingerprint density at radius 3 is 1.76 bits per heavy atom. The van der Waals surface area contributed by atoms with Crippen LogP contribution >= 0.6 is 0 Å². The van der Waals surface area contributed by atoms with E-state index in [0.29, 0.717) is 13.0 Å². The van der Waals surface area contributed by atoms with Crippen molar-refractivity contribution >= 4 is 39.7 Å². The van der Waals surface area contributed by atoms with Gasteiger partial charge in [0.15, 0.2) is 11.6 Å². The minimum atomic E-state index is -4.24. The fourth-order valence-corrected chi connectivity index (χ4v) is 6.72. The summed E-state index contributed by atoms with van der Waals surface area (Å²) in [6.07, 6.45) is 17.1. The maximum Gasteiger partial charge on any atom is 0.329 e. The number of sulfonamides is 1. The largest absolute Gasteiger partial charge is 0.491 e. The lowest BCUT2D eigenvalue weighted by Gasteiger charge is -2.19. The molecule has 0 aliphatic rings. The summed E-state index contributed by atoms with van der Waals surface area (Å²) in [5.74, 6) is -3.20. The van der Waals surface area contributed by atoms with Gasteiger partial charge in [0.25, 0.3) is 15.9 Å². The molecule has 18 nitrogen and oxygen atoms in total. The summed E-state index contributed by atoms with van der Waals surface area (Å²) in [7, 11) is -4.24. The van der Waals surface area contributed by atoms with Crippen LogP contribution in [0.2, 0.25) is 0 Å². The van der Waals surface area contributed by atoms with Crippen molar-refractivity contribution in [2.24, 2.45) is 0 Å². The van der Waals surface area contributed by atoms with Gasteiger partial charge >= 0.3 is 11.9 Å². The van der Waals surface area contributed by atoms with Gasteiger partial charge in [0, 0.05) is 31.9 Å². The topological polar surface area (TPSA) is 240 Å². The number of aliphatic carboxylic acids is 1. The monoisotopic (exact) mass is 913 g/mol. The molecular formula is C43H68FN5O13S. The molecule has 1 aromatic carbocycles. The third-order valence-corrected chi connectivity index (χ3v) is 10.2. The zero-order valence-corrected chi connectivity index (χ0v) is 37.9. The van der Waals surface area contributed by atoms with E-state index in [9.17, 15) is 32.0 Å². The van der Waals surface area contributed by atoms with Crippen LogP contribution in [-0.4, -0.2) is 125 Å². The van der Waals surface area contributed by atoms with Crippen molar-refractivity contribution in [2.45, 2.75) is 121 Å². The van der Waals surface area contributed by atoms with Gasteiger partial charge in [-0.3, -0.25) is 14.4 Å². The van der Waals surface area contributed by atoms with E-state index in [2.05, 4.69) is 25.3 Å². The van der Waals surface area contributed by atoms with Gasteiger partial charge in [0.1, 0.15) is 18.8 Å². The van der Waals surface area contributed by atoms with Crippen LogP contribution in [0.15, 0.2) is 35.5 Å². The van der Waals surface area contributed by atoms with Crippen molar-refractivity contribution in [1.82, 2.24) is 20.6 Å². The summed E-state index contributed by atoms with van der Waals surface area (Å²) in [5, 5.41) is 13.7. The molecule has 0 aliphatic carbocycles. The van der Waals surface area contributed by atoms with Gasteiger partial charge in [-0.1, -0.05) is 70.6 Å². The molecule has 0 saturated heterocycles. The predicted molar refractivity (Wildman–Crippen MR) is 231 cm³/mol. The summed E-state index contributed by atoms with van der Waals surface area (Å²) in [6, 6.07) is 3.37. The van der Waals surface area contributed by atoms with Crippen LogP contribution in [0.5, 0.6) is 5.75 Å². The molecule has 63 heavy (non-hydrogen) atoms. The fourth-order valence-electron chi connectivity index (χ4n) is 5.75. The molecule has 356 valence electrons. The first-order valence-corrected chi connectivity index (χ1v) is 23.2. The second kappa shape index (κ2) is 32.2. The van der Waals surface area contributed by atoms with Gasteiger partial charge in [-0.25, -0.2) is 32.3 Å². The molecule has 0 unspecified atom stereocenters. The van der Waals surface area contributed by atoms with E-state index in [0.717, 1.165) is 63.4 Å². The maximum atomic E-state index is 14.8. The number of benzene rings is 1. The number of unbranched alkanes of at least 4 members (excludes halogenated alkanes) is 12. The van der Waals surface area contributed by atoms with Gasteiger partial charge in [0.05, 0.1) is 56.7 Å². The number of halogens is 1. The zero-order chi connectivity index (χ0) is 46.2. The average Bonchev–Trinajstić information content (AvgIpc) is 3.22. The summed E-state index contributed by atoms with van der Waals surface area (Å²) in [6.45, 7) is 6.82. The number of esters is 1. The number of ether oxygens (including phenoxy) is 6. The molecule has 0 saturated carbocycles. The van der Waals surface area contributed by atoms with Gasteiger partial charge in [-0.05, 0) is 51.8 Å². The van der Waals surface area contributed by atoms with Gasteiger partial charge in [-0.15, -0.1) is 0 Å². The molecule has 0 aliphatic heterocycles. The van der Waals surface area contributed by atoms with Crippen LogP contribution in [0, 0.1) is 5.82 Å². The number of hydrogen-bond acceptors (Lipinski definition) is 14. The molecular weight excluding hydrogens is 846 g/mol. The number of anilines is 1. The Morgan fingerprint density at radius 2 is 1.21 bits per heavy atom. The zero-order valence-electron chi connectivity index (χ0n) is 37.1. The molecule has 4 N–H and O–H groups in total. The fraction of sp³-hybridized carbons (Fsp3) is 0.674. The predicted octanol–water partition coefficient (Wildman–Crippen LogP) is 5.60. The Hall–Kier alpha value is -4.50. The molecule has 0 bridgehead atoms. The Bertz CT molecular complexity index is 1730. The standard InChI is InChI=1S/C43H68FN5O13S/c1-43(2,3)62-40(53)17-15-13-11-9-7-5-4-6-8-10-12-14-16-22-61-37-19-18-35(29-36(37)44)63(55,56)49-42-47-30-34(31-48-42)41(54)46-21-24-58-25-27-59-32-38(50)45-20-23-57-26-28-60-33-39(51)52/h18-19,29-31H,4-17,20-28,32-33H2,1-3H3,(H,45,50)(H,46,54)(H,51,52)(H,47,48,49). The van der Waals surface area contributed by atoms with Crippen molar-refractivity contribution in [2.75, 3.05) is 77.3 Å².